The number of ether oxygens (including phenoxy) is 1. The average Bonchev–Trinajstić information content (AvgIpc) is 2.78. The van der Waals surface area contributed by atoms with E-state index in [1.165, 1.54) is 11.4 Å². The van der Waals surface area contributed by atoms with E-state index in [1.807, 2.05) is 29.2 Å². The fourth-order valence-electron chi connectivity index (χ4n) is 3.31. The van der Waals surface area contributed by atoms with Gasteiger partial charge in [0.15, 0.2) is 0 Å². The van der Waals surface area contributed by atoms with E-state index in [1.54, 1.807) is 38.3 Å². The summed E-state index contributed by atoms with van der Waals surface area (Å²) in [6, 6.07) is 14.6. The molecule has 1 aliphatic heterocycles. The SMILES string of the molecule is CCS(=O)(=O)N(C)c1ccc(C(=O)N2CCN(c3ccc(OC)cc3)CC2)cc1. The molecule has 29 heavy (non-hydrogen) atoms. The van der Waals surface area contributed by atoms with E-state index in [-0.39, 0.29) is 11.7 Å². The topological polar surface area (TPSA) is 70.2 Å². The van der Waals surface area contributed by atoms with Gasteiger partial charge in [-0.05, 0) is 55.5 Å². The Hall–Kier alpha value is -2.74. The molecular formula is C21H27N3O4S. The summed E-state index contributed by atoms with van der Waals surface area (Å²) in [4.78, 5) is 16.9. The van der Waals surface area contributed by atoms with Gasteiger partial charge in [-0.1, -0.05) is 0 Å². The van der Waals surface area contributed by atoms with Gasteiger partial charge in [-0.25, -0.2) is 8.42 Å². The van der Waals surface area contributed by atoms with Crippen LogP contribution in [0.3, 0.4) is 0 Å². The van der Waals surface area contributed by atoms with Gasteiger partial charge in [-0.2, -0.15) is 0 Å². The standard InChI is InChI=1S/C21H27N3O4S/c1-4-29(26,27)22(2)18-7-5-17(6-8-18)21(25)24-15-13-23(14-16-24)19-9-11-20(28-3)12-10-19/h5-12H,4,13-16H2,1-3H3. The first-order valence-corrected chi connectivity index (χ1v) is 11.2. The number of benzene rings is 2. The number of carbonyl (C=O) groups excluding carboxylic acids is 1. The van der Waals surface area contributed by atoms with Crippen molar-refractivity contribution in [1.82, 2.24) is 4.90 Å². The van der Waals surface area contributed by atoms with Crippen molar-refractivity contribution < 1.29 is 17.9 Å². The molecule has 0 atom stereocenters. The summed E-state index contributed by atoms with van der Waals surface area (Å²) in [5.41, 5.74) is 2.23. The molecule has 0 spiro atoms. The van der Waals surface area contributed by atoms with Gasteiger partial charge < -0.3 is 14.5 Å². The van der Waals surface area contributed by atoms with Crippen LogP contribution in [0.25, 0.3) is 0 Å². The second-order valence-corrected chi connectivity index (χ2v) is 9.18. The molecule has 0 aromatic heterocycles. The number of sulfonamides is 1. The van der Waals surface area contributed by atoms with Gasteiger partial charge in [0.05, 0.1) is 18.6 Å². The monoisotopic (exact) mass is 417 g/mol. The Morgan fingerprint density at radius 3 is 2.10 bits per heavy atom. The number of rotatable bonds is 6. The zero-order valence-electron chi connectivity index (χ0n) is 17.0. The predicted octanol–water partition coefficient (Wildman–Crippen LogP) is 2.44. The molecule has 1 fully saturated rings. The van der Waals surface area contributed by atoms with Gasteiger partial charge in [-0.15, -0.1) is 0 Å². The third-order valence-corrected chi connectivity index (χ3v) is 7.04. The Bertz CT molecular complexity index is 935. The molecular weight excluding hydrogens is 390 g/mol. The van der Waals surface area contributed by atoms with Crippen LogP contribution in [0, 0.1) is 0 Å². The highest BCUT2D eigenvalue weighted by Crippen LogP contribution is 2.22. The fraction of sp³-hybridized carbons (Fsp3) is 0.381. The normalized spacial score (nSPS) is 14.6. The summed E-state index contributed by atoms with van der Waals surface area (Å²) in [6.07, 6.45) is 0. The van der Waals surface area contributed by atoms with Crippen molar-refractivity contribution in [2.24, 2.45) is 0 Å². The van der Waals surface area contributed by atoms with E-state index >= 15 is 0 Å². The van der Waals surface area contributed by atoms with Crippen LogP contribution in [0.15, 0.2) is 48.5 Å². The van der Waals surface area contributed by atoms with Crippen LogP contribution in [-0.2, 0) is 10.0 Å². The average molecular weight is 418 g/mol. The Labute approximate surface area is 172 Å². The van der Waals surface area contributed by atoms with Crippen LogP contribution in [0.2, 0.25) is 0 Å². The zero-order chi connectivity index (χ0) is 21.0. The molecule has 1 amide bonds. The van der Waals surface area contributed by atoms with Crippen LogP contribution in [0.5, 0.6) is 5.75 Å². The first-order valence-electron chi connectivity index (χ1n) is 9.60. The zero-order valence-corrected chi connectivity index (χ0v) is 17.9. The van der Waals surface area contributed by atoms with Crippen molar-refractivity contribution in [3.63, 3.8) is 0 Å². The van der Waals surface area contributed by atoms with Crippen LogP contribution in [-0.4, -0.2) is 65.3 Å². The van der Waals surface area contributed by atoms with Crippen molar-refractivity contribution in [3.8, 4) is 5.75 Å². The number of amides is 1. The maximum Gasteiger partial charge on any atom is 0.253 e. The number of hydrogen-bond acceptors (Lipinski definition) is 5. The summed E-state index contributed by atoms with van der Waals surface area (Å²) < 4.78 is 30.4. The first-order chi connectivity index (χ1) is 13.9. The number of carbonyl (C=O) groups is 1. The van der Waals surface area contributed by atoms with Crippen molar-refractivity contribution in [2.75, 3.05) is 55.3 Å². The molecule has 3 rings (SSSR count). The molecule has 0 radical (unpaired) electrons. The lowest BCUT2D eigenvalue weighted by Gasteiger charge is -2.36. The van der Waals surface area contributed by atoms with Crippen molar-refractivity contribution >= 4 is 27.3 Å². The third kappa shape index (κ3) is 4.64. The Kier molecular flexibility index (Phi) is 6.32. The highest BCUT2D eigenvalue weighted by Gasteiger charge is 2.23. The van der Waals surface area contributed by atoms with Crippen molar-refractivity contribution in [1.29, 1.82) is 0 Å². The predicted molar refractivity (Wildman–Crippen MR) is 115 cm³/mol. The van der Waals surface area contributed by atoms with Gasteiger partial charge in [0.1, 0.15) is 5.75 Å². The van der Waals surface area contributed by atoms with Crippen LogP contribution in [0.1, 0.15) is 17.3 Å². The van der Waals surface area contributed by atoms with Gasteiger partial charge in [0.25, 0.3) is 5.91 Å². The maximum atomic E-state index is 12.8. The lowest BCUT2D eigenvalue weighted by Crippen LogP contribution is -2.48. The van der Waals surface area contributed by atoms with E-state index in [9.17, 15) is 13.2 Å². The molecule has 7 nitrogen and oxygen atoms in total. The molecule has 0 unspecified atom stereocenters. The summed E-state index contributed by atoms with van der Waals surface area (Å²) in [6.45, 7) is 4.39. The van der Waals surface area contributed by atoms with E-state index in [0.29, 0.717) is 24.3 Å². The molecule has 2 aromatic carbocycles. The number of hydrogen-bond donors (Lipinski definition) is 0. The molecule has 1 aliphatic rings. The summed E-state index contributed by atoms with van der Waals surface area (Å²) >= 11 is 0. The Balaban J connectivity index is 1.61. The smallest absolute Gasteiger partial charge is 0.253 e. The summed E-state index contributed by atoms with van der Waals surface area (Å²) in [5.74, 6) is 0.818. The largest absolute Gasteiger partial charge is 0.497 e. The van der Waals surface area contributed by atoms with Gasteiger partial charge in [0.2, 0.25) is 10.0 Å². The minimum Gasteiger partial charge on any atom is -0.497 e. The molecule has 0 saturated carbocycles. The molecule has 0 N–H and O–H groups in total. The molecule has 1 heterocycles. The number of piperazine rings is 1. The Morgan fingerprint density at radius 1 is 1.00 bits per heavy atom. The van der Waals surface area contributed by atoms with Crippen molar-refractivity contribution in [3.05, 3.63) is 54.1 Å². The highest BCUT2D eigenvalue weighted by atomic mass is 32.2. The number of methoxy groups -OCH3 is 1. The quantitative estimate of drug-likeness (QED) is 0.722. The molecule has 0 bridgehead atoms. The van der Waals surface area contributed by atoms with Crippen LogP contribution >= 0.6 is 0 Å². The lowest BCUT2D eigenvalue weighted by molar-refractivity contribution is 0.0747. The number of nitrogens with zero attached hydrogens (tertiary/aromatic N) is 3. The van der Waals surface area contributed by atoms with Crippen LogP contribution in [0.4, 0.5) is 11.4 Å². The van der Waals surface area contributed by atoms with Crippen molar-refractivity contribution in [2.45, 2.75) is 6.92 Å². The second-order valence-electron chi connectivity index (χ2n) is 6.89. The Morgan fingerprint density at radius 2 is 1.59 bits per heavy atom. The van der Waals surface area contributed by atoms with Gasteiger partial charge in [0, 0.05) is 44.5 Å². The molecule has 8 heteroatoms. The van der Waals surface area contributed by atoms with Gasteiger partial charge >= 0.3 is 0 Å². The maximum absolute atomic E-state index is 12.8. The molecule has 2 aromatic rings. The first kappa shape index (κ1) is 21.0. The van der Waals surface area contributed by atoms with Crippen LogP contribution < -0.4 is 13.9 Å². The number of anilines is 2. The van der Waals surface area contributed by atoms with E-state index in [2.05, 4.69) is 4.90 Å². The fourth-order valence-corrected chi connectivity index (χ4v) is 4.14. The molecule has 0 aliphatic carbocycles. The van der Waals surface area contributed by atoms with E-state index in [0.717, 1.165) is 24.5 Å². The summed E-state index contributed by atoms with van der Waals surface area (Å²) in [7, 11) is -0.150. The van der Waals surface area contributed by atoms with Gasteiger partial charge in [-0.3, -0.25) is 9.10 Å². The summed E-state index contributed by atoms with van der Waals surface area (Å²) in [5, 5.41) is 0. The lowest BCUT2D eigenvalue weighted by atomic mass is 10.1. The molecule has 1 saturated heterocycles. The second kappa shape index (κ2) is 8.73. The minimum absolute atomic E-state index is 0.0304. The minimum atomic E-state index is -3.32. The van der Waals surface area contributed by atoms with E-state index < -0.39 is 10.0 Å². The van der Waals surface area contributed by atoms with E-state index in [4.69, 9.17) is 4.74 Å². The molecule has 156 valence electrons. The highest BCUT2D eigenvalue weighted by molar-refractivity contribution is 7.92. The third-order valence-electron chi connectivity index (χ3n) is 5.26.